The molecule has 4 fully saturated rings. The predicted molar refractivity (Wildman–Crippen MR) is 204 cm³/mol. The van der Waals surface area contributed by atoms with Crippen LogP contribution in [0.2, 0.25) is 0 Å². The van der Waals surface area contributed by atoms with Gasteiger partial charge in [0.05, 0.1) is 39.3 Å². The highest BCUT2D eigenvalue weighted by atomic mass is 16.4. The Kier molecular flexibility index (Phi) is 15.9. The summed E-state index contributed by atoms with van der Waals surface area (Å²) in [5, 5.41) is 42.7. The molecule has 0 aromatic carbocycles. The summed E-state index contributed by atoms with van der Waals surface area (Å²) in [5.74, 6) is -1.12. The zero-order chi connectivity index (χ0) is 40.5. The number of hydrogen-bond acceptors (Lipinski definition) is 9. The first kappa shape index (κ1) is 44.4. The van der Waals surface area contributed by atoms with Crippen molar-refractivity contribution in [3.8, 4) is 0 Å². The first-order valence-electron chi connectivity index (χ1n) is 20.5. The molecule has 0 spiro atoms. The van der Waals surface area contributed by atoms with Crippen molar-refractivity contribution in [2.24, 2.45) is 46.3 Å². The summed E-state index contributed by atoms with van der Waals surface area (Å²) in [6, 6.07) is 0.0408. The first-order chi connectivity index (χ1) is 25.9. The van der Waals surface area contributed by atoms with Gasteiger partial charge in [-0.25, -0.2) is 0 Å². The lowest BCUT2D eigenvalue weighted by Crippen LogP contribution is -2.56. The maximum atomic E-state index is 13.1. The second-order valence-corrected chi connectivity index (χ2v) is 17.7. The molecular formula is C40H67N5O10. The van der Waals surface area contributed by atoms with E-state index in [9.17, 15) is 49.2 Å². The molecule has 15 nitrogen and oxygen atoms in total. The van der Waals surface area contributed by atoms with Crippen LogP contribution in [0.25, 0.3) is 0 Å². The minimum atomic E-state index is -1.22. The monoisotopic (exact) mass is 777 g/mol. The van der Waals surface area contributed by atoms with E-state index in [0.29, 0.717) is 11.3 Å². The highest BCUT2D eigenvalue weighted by Crippen LogP contribution is 2.68. The fraction of sp³-hybridized carbons (Fsp3) is 0.850. The van der Waals surface area contributed by atoms with Crippen LogP contribution in [0.1, 0.15) is 98.3 Å². The van der Waals surface area contributed by atoms with E-state index in [0.717, 1.165) is 48.9 Å². The Hall–Kier alpha value is -3.30. The highest BCUT2D eigenvalue weighted by molar-refractivity contribution is 5.85. The summed E-state index contributed by atoms with van der Waals surface area (Å²) >= 11 is 0. The van der Waals surface area contributed by atoms with E-state index < -0.39 is 56.0 Å². The van der Waals surface area contributed by atoms with Crippen molar-refractivity contribution >= 4 is 35.7 Å². The lowest BCUT2D eigenvalue weighted by Gasteiger charge is -2.61. The van der Waals surface area contributed by atoms with E-state index in [2.05, 4.69) is 38.3 Å². The van der Waals surface area contributed by atoms with Crippen molar-refractivity contribution in [2.45, 2.75) is 104 Å². The van der Waals surface area contributed by atoms with Crippen molar-refractivity contribution in [1.29, 1.82) is 0 Å². The van der Waals surface area contributed by atoms with E-state index in [4.69, 9.17) is 0 Å². The van der Waals surface area contributed by atoms with Gasteiger partial charge in [0.25, 0.3) is 0 Å². The number of nitrogens with one attached hydrogen (secondary N) is 2. The van der Waals surface area contributed by atoms with Crippen LogP contribution in [0.3, 0.4) is 0 Å². The predicted octanol–water partition coefficient (Wildman–Crippen LogP) is 2.93. The molecule has 0 saturated heterocycles. The molecule has 0 aromatic heterocycles. The van der Waals surface area contributed by atoms with Gasteiger partial charge in [-0.2, -0.15) is 0 Å². The Labute approximate surface area is 325 Å². The smallest absolute Gasteiger partial charge is 0.317 e. The lowest BCUT2D eigenvalue weighted by molar-refractivity contribution is -0.143. The molecule has 55 heavy (non-hydrogen) atoms. The van der Waals surface area contributed by atoms with Crippen LogP contribution in [0.15, 0.2) is 0 Å². The van der Waals surface area contributed by atoms with Crippen molar-refractivity contribution in [3.63, 3.8) is 0 Å². The van der Waals surface area contributed by atoms with Crippen LogP contribution >= 0.6 is 0 Å². The molecular weight excluding hydrogens is 710 g/mol. The summed E-state index contributed by atoms with van der Waals surface area (Å²) in [5.41, 5.74) is 0.749. The van der Waals surface area contributed by atoms with Crippen LogP contribution < -0.4 is 10.6 Å². The van der Waals surface area contributed by atoms with E-state index in [1.165, 1.54) is 61.2 Å². The summed E-state index contributed by atoms with van der Waals surface area (Å²) in [6.45, 7) is 7.28. The van der Waals surface area contributed by atoms with Gasteiger partial charge in [0.2, 0.25) is 11.8 Å². The van der Waals surface area contributed by atoms with Crippen LogP contribution in [0.4, 0.5) is 0 Å². The minimum Gasteiger partial charge on any atom is -0.480 e. The molecule has 312 valence electrons. The SMILES string of the molecule is CCC[C@@H](C)[C@H]1CC[C@H]2[C@@H]3CC[C@@H]4C[C@@H](NC(=O)CNC(=O)CN(CCN(CC(=O)O)CC(=O)O)CCN(CC(=O)O)CC(=O)O)CC[C@]4(C)[C@H]3CC[C@]12C. The number of carbonyl (C=O) groups excluding carboxylic acids is 2. The van der Waals surface area contributed by atoms with E-state index >= 15 is 0 Å². The average molecular weight is 778 g/mol. The number of carbonyl (C=O) groups is 6. The zero-order valence-corrected chi connectivity index (χ0v) is 33.5. The third kappa shape index (κ3) is 11.9. The van der Waals surface area contributed by atoms with Gasteiger partial charge in [0, 0.05) is 32.2 Å². The fourth-order valence-electron chi connectivity index (χ4n) is 11.8. The largest absolute Gasteiger partial charge is 0.480 e. The molecule has 9 atom stereocenters. The van der Waals surface area contributed by atoms with Crippen molar-refractivity contribution in [2.75, 3.05) is 65.4 Å². The van der Waals surface area contributed by atoms with Gasteiger partial charge < -0.3 is 31.1 Å². The van der Waals surface area contributed by atoms with Gasteiger partial charge in [-0.1, -0.05) is 40.5 Å². The van der Waals surface area contributed by atoms with Crippen LogP contribution in [-0.4, -0.2) is 142 Å². The van der Waals surface area contributed by atoms with E-state index in [1.54, 1.807) is 4.90 Å². The Morgan fingerprint density at radius 2 is 1.18 bits per heavy atom. The second kappa shape index (κ2) is 19.7. The first-order valence-corrected chi connectivity index (χ1v) is 20.5. The molecule has 4 aliphatic rings. The van der Waals surface area contributed by atoms with Gasteiger partial charge in [-0.15, -0.1) is 0 Å². The minimum absolute atomic E-state index is 0.0355. The quantitative estimate of drug-likeness (QED) is 0.0934. The van der Waals surface area contributed by atoms with Gasteiger partial charge >= 0.3 is 23.9 Å². The van der Waals surface area contributed by atoms with Crippen LogP contribution in [0.5, 0.6) is 0 Å². The molecule has 0 heterocycles. The normalized spacial score (nSPS) is 30.6. The molecule has 4 saturated carbocycles. The molecule has 4 rings (SSSR count). The summed E-state index contributed by atoms with van der Waals surface area (Å²) in [6.07, 6.45) is 13.4. The van der Waals surface area contributed by atoms with Crippen molar-refractivity contribution < 1.29 is 49.2 Å². The second-order valence-electron chi connectivity index (χ2n) is 17.7. The summed E-state index contributed by atoms with van der Waals surface area (Å²) < 4.78 is 0. The van der Waals surface area contributed by atoms with Gasteiger partial charge in [0.1, 0.15) is 0 Å². The van der Waals surface area contributed by atoms with Crippen molar-refractivity contribution in [1.82, 2.24) is 25.3 Å². The number of fused-ring (bicyclic) bond motifs is 5. The third-order valence-electron chi connectivity index (χ3n) is 14.2. The molecule has 0 radical (unpaired) electrons. The average Bonchev–Trinajstić information content (AvgIpc) is 3.45. The number of rotatable bonds is 22. The molecule has 6 N–H and O–H groups in total. The third-order valence-corrected chi connectivity index (χ3v) is 14.2. The highest BCUT2D eigenvalue weighted by Gasteiger charge is 2.60. The number of carboxylic acid groups (broad SMARTS) is 4. The van der Waals surface area contributed by atoms with E-state index in [1.807, 2.05) is 0 Å². The van der Waals surface area contributed by atoms with Crippen LogP contribution in [-0.2, 0) is 28.8 Å². The molecule has 15 heteroatoms. The Morgan fingerprint density at radius 3 is 1.73 bits per heavy atom. The molecule has 2 amide bonds. The van der Waals surface area contributed by atoms with Crippen molar-refractivity contribution in [3.05, 3.63) is 0 Å². The summed E-state index contributed by atoms with van der Waals surface area (Å²) in [7, 11) is 0. The van der Waals surface area contributed by atoms with Crippen LogP contribution in [0, 0.1) is 46.3 Å². The van der Waals surface area contributed by atoms with Gasteiger partial charge in [-0.05, 0) is 104 Å². The number of hydrogen-bond donors (Lipinski definition) is 6. The maximum Gasteiger partial charge on any atom is 0.317 e. The molecule has 0 unspecified atom stereocenters. The summed E-state index contributed by atoms with van der Waals surface area (Å²) in [4.78, 5) is 75.3. The van der Waals surface area contributed by atoms with Gasteiger partial charge in [-0.3, -0.25) is 43.5 Å². The maximum absolute atomic E-state index is 13.1. The standard InChI is InChI=1S/C40H67N5O10/c1-5-6-26(2)30-9-10-31-29-8-7-27-19-28(11-13-39(27,3)32(29)12-14-40(30,31)4)42-33(46)20-41-34(47)21-43(15-17-44(22-35(48)49)23-36(50)51)16-18-45(24-37(52)53)25-38(54)55/h26-32H,5-25H2,1-4H3,(H,41,47)(H,42,46)(H,48,49)(H,50,51)(H,52,53)(H,54,55)/t26-,27-,28+,29+,30-,31+,32+,39+,40-/m1/s1. The molecule has 4 aliphatic carbocycles. The topological polar surface area (TPSA) is 217 Å². The fourth-order valence-corrected chi connectivity index (χ4v) is 11.8. The number of carboxylic acids is 4. The Bertz CT molecular complexity index is 1310. The van der Waals surface area contributed by atoms with Gasteiger partial charge in [0.15, 0.2) is 0 Å². The number of amides is 2. The molecule has 0 aromatic rings. The number of nitrogens with zero attached hydrogens (tertiary/aromatic N) is 3. The lowest BCUT2D eigenvalue weighted by atomic mass is 9.44. The Morgan fingerprint density at radius 1 is 0.655 bits per heavy atom. The molecule has 0 bridgehead atoms. The number of aliphatic carboxylic acids is 4. The zero-order valence-electron chi connectivity index (χ0n) is 33.5. The van der Waals surface area contributed by atoms with E-state index in [-0.39, 0.29) is 56.6 Å². The Balaban J connectivity index is 1.29. The molecule has 0 aliphatic heterocycles.